The van der Waals surface area contributed by atoms with Crippen molar-refractivity contribution < 1.29 is 4.52 Å². The Morgan fingerprint density at radius 1 is 1.40 bits per heavy atom. The van der Waals surface area contributed by atoms with Crippen molar-refractivity contribution in [1.29, 1.82) is 0 Å². The van der Waals surface area contributed by atoms with Gasteiger partial charge in [0.15, 0.2) is 5.82 Å². The number of nitrogens with two attached hydrogens (primary N) is 1. The van der Waals surface area contributed by atoms with Crippen LogP contribution in [0.4, 0.5) is 0 Å². The summed E-state index contributed by atoms with van der Waals surface area (Å²) in [5, 5.41) is 3.99. The van der Waals surface area contributed by atoms with Gasteiger partial charge in [-0.05, 0) is 53.6 Å². The smallest absolute Gasteiger partial charge is 0.240 e. The molecule has 1 saturated heterocycles. The monoisotopic (exact) mass is 384 g/mol. The summed E-state index contributed by atoms with van der Waals surface area (Å²) in [6, 6.07) is 9.01. The van der Waals surface area contributed by atoms with Gasteiger partial charge in [0, 0.05) is 9.61 Å². The number of aromatic nitrogens is 2. The zero-order chi connectivity index (χ0) is 13.9. The van der Waals surface area contributed by atoms with Crippen LogP contribution in [0.1, 0.15) is 36.2 Å². The second-order valence-electron chi connectivity index (χ2n) is 4.96. The van der Waals surface area contributed by atoms with E-state index in [9.17, 15) is 0 Å². The van der Waals surface area contributed by atoms with Crippen LogP contribution in [0, 0.1) is 3.57 Å². The number of hydrogen-bond donors (Lipinski definition) is 1. The lowest BCUT2D eigenvalue weighted by Crippen LogP contribution is -2.24. The van der Waals surface area contributed by atoms with Crippen LogP contribution in [0.5, 0.6) is 0 Å². The van der Waals surface area contributed by atoms with Gasteiger partial charge in [-0.1, -0.05) is 23.4 Å². The molecular weight excluding hydrogens is 367 g/mol. The summed E-state index contributed by atoms with van der Waals surface area (Å²) in [4.78, 5) is 6.72. The highest BCUT2D eigenvalue weighted by atomic mass is 127. The van der Waals surface area contributed by atoms with Crippen molar-refractivity contribution in [2.75, 3.05) is 6.54 Å². The first-order valence-corrected chi connectivity index (χ1v) is 7.86. The number of rotatable bonds is 4. The van der Waals surface area contributed by atoms with Crippen molar-refractivity contribution in [2.45, 2.75) is 32.0 Å². The summed E-state index contributed by atoms with van der Waals surface area (Å²) in [7, 11) is 0. The Hall–Kier alpha value is -0.990. The summed E-state index contributed by atoms with van der Waals surface area (Å²) in [5.74, 6) is 1.23. The average Bonchev–Trinajstić information content (AvgIpc) is 3.09. The molecule has 5 nitrogen and oxygen atoms in total. The van der Waals surface area contributed by atoms with Gasteiger partial charge in [0.1, 0.15) is 0 Å². The molecule has 20 heavy (non-hydrogen) atoms. The van der Waals surface area contributed by atoms with E-state index in [1.165, 1.54) is 22.0 Å². The van der Waals surface area contributed by atoms with Crippen molar-refractivity contribution >= 4 is 22.6 Å². The van der Waals surface area contributed by atoms with E-state index in [-0.39, 0.29) is 0 Å². The van der Waals surface area contributed by atoms with Crippen LogP contribution in [-0.2, 0) is 13.1 Å². The summed E-state index contributed by atoms with van der Waals surface area (Å²) in [5.41, 5.74) is 6.90. The van der Waals surface area contributed by atoms with Gasteiger partial charge in [0.25, 0.3) is 0 Å². The Labute approximate surface area is 131 Å². The highest BCUT2D eigenvalue weighted by Gasteiger charge is 2.28. The van der Waals surface area contributed by atoms with E-state index in [4.69, 9.17) is 10.3 Å². The minimum Gasteiger partial charge on any atom is -0.338 e. The molecule has 0 bridgehead atoms. The molecule has 1 fully saturated rings. The third-order valence-electron chi connectivity index (χ3n) is 3.66. The molecule has 6 heteroatoms. The van der Waals surface area contributed by atoms with Crippen LogP contribution in [0.2, 0.25) is 0 Å². The molecule has 2 aromatic rings. The van der Waals surface area contributed by atoms with Crippen molar-refractivity contribution in [3.05, 3.63) is 45.1 Å². The molecule has 2 heterocycles. The molecule has 0 amide bonds. The third-order valence-corrected chi connectivity index (χ3v) is 4.64. The topological polar surface area (TPSA) is 68.2 Å². The Kier molecular flexibility index (Phi) is 4.32. The second kappa shape index (κ2) is 6.19. The maximum absolute atomic E-state index is 5.50. The first-order chi connectivity index (χ1) is 9.78. The van der Waals surface area contributed by atoms with E-state index in [0.717, 1.165) is 18.9 Å². The van der Waals surface area contributed by atoms with Gasteiger partial charge < -0.3 is 10.3 Å². The van der Waals surface area contributed by atoms with E-state index < -0.39 is 0 Å². The molecule has 1 aromatic carbocycles. The number of halogens is 1. The second-order valence-corrected chi connectivity index (χ2v) is 6.12. The van der Waals surface area contributed by atoms with Crippen LogP contribution < -0.4 is 5.73 Å². The van der Waals surface area contributed by atoms with Gasteiger partial charge in [-0.15, -0.1) is 0 Å². The SMILES string of the molecule is NCc1nc(CN2CCCC2c2ccccc2I)no1. The molecule has 106 valence electrons. The molecule has 1 unspecified atom stereocenters. The standard InChI is InChI=1S/C14H17IN4O/c15-11-5-2-1-4-10(11)12-6-3-7-19(12)9-13-17-14(8-16)20-18-13/h1-2,4-5,12H,3,6-9,16H2. The molecule has 3 rings (SSSR count). The fourth-order valence-electron chi connectivity index (χ4n) is 2.73. The number of hydrogen-bond acceptors (Lipinski definition) is 5. The average molecular weight is 384 g/mol. The number of nitrogens with zero attached hydrogens (tertiary/aromatic N) is 3. The number of benzene rings is 1. The highest BCUT2D eigenvalue weighted by Crippen LogP contribution is 2.34. The molecule has 2 N–H and O–H groups in total. The molecule has 1 aliphatic heterocycles. The van der Waals surface area contributed by atoms with Crippen LogP contribution in [-0.4, -0.2) is 21.6 Å². The van der Waals surface area contributed by atoms with E-state index in [0.29, 0.717) is 18.5 Å². The quantitative estimate of drug-likeness (QED) is 0.821. The Balaban J connectivity index is 1.77. The predicted octanol–water partition coefficient (Wildman–Crippen LogP) is 2.47. The number of likely N-dealkylation sites (tertiary alicyclic amines) is 1. The zero-order valence-corrected chi connectivity index (χ0v) is 13.3. The van der Waals surface area contributed by atoms with E-state index in [1.807, 2.05) is 0 Å². The molecule has 0 saturated carbocycles. The molecule has 1 aliphatic rings. The summed E-state index contributed by atoms with van der Waals surface area (Å²) >= 11 is 2.41. The Morgan fingerprint density at radius 3 is 3.00 bits per heavy atom. The van der Waals surface area contributed by atoms with Crippen molar-refractivity contribution in [3.8, 4) is 0 Å². The van der Waals surface area contributed by atoms with Gasteiger partial charge in [0.05, 0.1) is 13.1 Å². The first kappa shape index (κ1) is 14.0. The maximum atomic E-state index is 5.50. The van der Waals surface area contributed by atoms with Crippen LogP contribution in [0.15, 0.2) is 28.8 Å². The fourth-order valence-corrected chi connectivity index (χ4v) is 3.48. The summed E-state index contributed by atoms with van der Waals surface area (Å²) < 4.78 is 6.39. The van der Waals surface area contributed by atoms with Crippen molar-refractivity contribution in [2.24, 2.45) is 5.73 Å². The lowest BCUT2D eigenvalue weighted by Gasteiger charge is -2.24. The molecule has 1 atom stereocenters. The molecule has 0 radical (unpaired) electrons. The van der Waals surface area contributed by atoms with Gasteiger partial charge in [-0.3, -0.25) is 4.90 Å². The van der Waals surface area contributed by atoms with Crippen LogP contribution in [0.3, 0.4) is 0 Å². The third kappa shape index (κ3) is 2.87. The van der Waals surface area contributed by atoms with Gasteiger partial charge in [0.2, 0.25) is 5.89 Å². The van der Waals surface area contributed by atoms with Crippen molar-refractivity contribution in [1.82, 2.24) is 15.0 Å². The zero-order valence-electron chi connectivity index (χ0n) is 11.1. The minimum absolute atomic E-state index is 0.299. The first-order valence-electron chi connectivity index (χ1n) is 6.78. The van der Waals surface area contributed by atoms with E-state index in [1.54, 1.807) is 0 Å². The van der Waals surface area contributed by atoms with Crippen molar-refractivity contribution in [3.63, 3.8) is 0 Å². The molecule has 0 aliphatic carbocycles. The van der Waals surface area contributed by atoms with Crippen LogP contribution >= 0.6 is 22.6 Å². The largest absolute Gasteiger partial charge is 0.338 e. The van der Waals surface area contributed by atoms with Gasteiger partial charge in [-0.2, -0.15) is 4.98 Å². The predicted molar refractivity (Wildman–Crippen MR) is 83.7 cm³/mol. The summed E-state index contributed by atoms with van der Waals surface area (Å²) in [6.45, 7) is 2.09. The Bertz CT molecular complexity index is 586. The van der Waals surface area contributed by atoms with Gasteiger partial charge >= 0.3 is 0 Å². The van der Waals surface area contributed by atoms with E-state index in [2.05, 4.69) is 61.9 Å². The minimum atomic E-state index is 0.299. The lowest BCUT2D eigenvalue weighted by molar-refractivity contribution is 0.237. The normalized spacial score (nSPS) is 19.6. The fraction of sp³-hybridized carbons (Fsp3) is 0.429. The Morgan fingerprint density at radius 2 is 2.25 bits per heavy atom. The molecule has 0 spiro atoms. The van der Waals surface area contributed by atoms with E-state index >= 15 is 0 Å². The molecule has 1 aromatic heterocycles. The van der Waals surface area contributed by atoms with Gasteiger partial charge in [-0.25, -0.2) is 0 Å². The lowest BCUT2D eigenvalue weighted by atomic mass is 10.0. The summed E-state index contributed by atoms with van der Waals surface area (Å²) in [6.07, 6.45) is 2.39. The maximum Gasteiger partial charge on any atom is 0.240 e. The molecular formula is C14H17IN4O. The van der Waals surface area contributed by atoms with Crippen LogP contribution in [0.25, 0.3) is 0 Å². The highest BCUT2D eigenvalue weighted by molar-refractivity contribution is 14.1.